The van der Waals surface area contributed by atoms with E-state index in [0.29, 0.717) is 19.4 Å². The Bertz CT molecular complexity index is 197. The first kappa shape index (κ1) is 10.9. The third-order valence-corrected chi connectivity index (χ3v) is 1.26. The zero-order chi connectivity index (χ0) is 9.56. The van der Waals surface area contributed by atoms with E-state index in [1.165, 1.54) is 6.92 Å². The largest absolute Gasteiger partial charge is 0.355 e. The third-order valence-electron chi connectivity index (χ3n) is 1.26. The predicted octanol–water partition coefficient (Wildman–Crippen LogP) is 1.05. The van der Waals surface area contributed by atoms with Crippen LogP contribution in [0.2, 0.25) is 0 Å². The van der Waals surface area contributed by atoms with Crippen LogP contribution in [0.5, 0.6) is 0 Å². The van der Waals surface area contributed by atoms with Crippen molar-refractivity contribution in [2.24, 2.45) is 0 Å². The zero-order valence-corrected chi connectivity index (χ0v) is 7.64. The van der Waals surface area contributed by atoms with Crippen LogP contribution in [0.1, 0.15) is 26.7 Å². The van der Waals surface area contributed by atoms with Crippen LogP contribution in [-0.4, -0.2) is 18.2 Å². The Morgan fingerprint density at radius 1 is 1.33 bits per heavy atom. The molecule has 3 heteroatoms. The van der Waals surface area contributed by atoms with Crippen molar-refractivity contribution in [2.75, 3.05) is 6.54 Å². The highest BCUT2D eigenvalue weighted by molar-refractivity contribution is 5.80. The average Bonchev–Trinajstić information content (AvgIpc) is 1.84. The van der Waals surface area contributed by atoms with E-state index in [-0.39, 0.29) is 11.7 Å². The molecule has 0 aliphatic heterocycles. The second-order valence-corrected chi connectivity index (χ2v) is 2.94. The van der Waals surface area contributed by atoms with Crippen molar-refractivity contribution in [3.63, 3.8) is 0 Å². The first-order valence-electron chi connectivity index (χ1n) is 3.93. The normalized spacial score (nSPS) is 9.17. The van der Waals surface area contributed by atoms with Gasteiger partial charge in [0.1, 0.15) is 5.78 Å². The standard InChI is InChI=1S/C9H15NO2/c1-7(2)6-9(12)10-5-4-8(3)11/h1,4-6H2,2-3H3,(H,10,12). The van der Waals surface area contributed by atoms with E-state index >= 15 is 0 Å². The molecule has 0 bridgehead atoms. The summed E-state index contributed by atoms with van der Waals surface area (Å²) in [5, 5.41) is 2.62. The van der Waals surface area contributed by atoms with Gasteiger partial charge in [-0.1, -0.05) is 12.2 Å². The average molecular weight is 169 g/mol. The minimum atomic E-state index is -0.0660. The van der Waals surface area contributed by atoms with Crippen molar-refractivity contribution in [1.82, 2.24) is 5.32 Å². The molecule has 0 aromatic carbocycles. The molecule has 1 amide bonds. The lowest BCUT2D eigenvalue weighted by Crippen LogP contribution is -2.25. The Labute approximate surface area is 72.8 Å². The summed E-state index contributed by atoms with van der Waals surface area (Å²) in [4.78, 5) is 21.4. The minimum Gasteiger partial charge on any atom is -0.355 e. The summed E-state index contributed by atoms with van der Waals surface area (Å²) in [6, 6.07) is 0. The van der Waals surface area contributed by atoms with Crippen LogP contribution in [0.3, 0.4) is 0 Å². The second-order valence-electron chi connectivity index (χ2n) is 2.94. The van der Waals surface area contributed by atoms with Gasteiger partial charge in [-0.15, -0.1) is 0 Å². The van der Waals surface area contributed by atoms with Gasteiger partial charge in [0.25, 0.3) is 0 Å². The van der Waals surface area contributed by atoms with Gasteiger partial charge in [-0.2, -0.15) is 0 Å². The SMILES string of the molecule is C=C(C)CC(=O)NCCC(C)=O. The van der Waals surface area contributed by atoms with E-state index in [2.05, 4.69) is 11.9 Å². The molecule has 0 spiro atoms. The lowest BCUT2D eigenvalue weighted by molar-refractivity contribution is -0.120. The Kier molecular flexibility index (Phi) is 5.00. The van der Waals surface area contributed by atoms with Crippen molar-refractivity contribution >= 4 is 11.7 Å². The number of Topliss-reactive ketones (excluding diaryl/α,β-unsaturated/α-hetero) is 1. The number of nitrogens with one attached hydrogen (secondary N) is 1. The Hall–Kier alpha value is -1.12. The summed E-state index contributed by atoms with van der Waals surface area (Å²) in [5.41, 5.74) is 0.829. The molecule has 0 radical (unpaired) electrons. The van der Waals surface area contributed by atoms with Gasteiger partial charge in [0.05, 0.1) is 0 Å². The zero-order valence-electron chi connectivity index (χ0n) is 7.64. The van der Waals surface area contributed by atoms with Gasteiger partial charge in [-0.25, -0.2) is 0 Å². The van der Waals surface area contributed by atoms with Crippen molar-refractivity contribution in [3.05, 3.63) is 12.2 Å². The molecule has 1 N–H and O–H groups in total. The van der Waals surface area contributed by atoms with Crippen molar-refractivity contribution in [2.45, 2.75) is 26.7 Å². The smallest absolute Gasteiger partial charge is 0.224 e. The molecule has 0 unspecified atom stereocenters. The molecule has 0 aliphatic rings. The molecule has 0 rings (SSSR count). The van der Waals surface area contributed by atoms with E-state index in [1.807, 2.05) is 0 Å². The molecule has 0 heterocycles. The van der Waals surface area contributed by atoms with Gasteiger partial charge < -0.3 is 5.32 Å². The number of amides is 1. The summed E-state index contributed by atoms with van der Waals surface area (Å²) in [6.45, 7) is 7.34. The lowest BCUT2D eigenvalue weighted by Gasteiger charge is -2.02. The molecular formula is C9H15NO2. The van der Waals surface area contributed by atoms with Crippen LogP contribution in [0.4, 0.5) is 0 Å². The fourth-order valence-electron chi connectivity index (χ4n) is 0.715. The van der Waals surface area contributed by atoms with Gasteiger partial charge in [0, 0.05) is 19.4 Å². The van der Waals surface area contributed by atoms with E-state index in [1.54, 1.807) is 6.92 Å². The van der Waals surface area contributed by atoms with Crippen molar-refractivity contribution in [3.8, 4) is 0 Å². The number of carbonyl (C=O) groups is 2. The van der Waals surface area contributed by atoms with Gasteiger partial charge in [0.15, 0.2) is 0 Å². The minimum absolute atomic E-state index is 0.0660. The van der Waals surface area contributed by atoms with Crippen LogP contribution in [-0.2, 0) is 9.59 Å². The second kappa shape index (κ2) is 5.52. The molecule has 0 aromatic heterocycles. The molecule has 0 aliphatic carbocycles. The molecule has 3 nitrogen and oxygen atoms in total. The summed E-state index contributed by atoms with van der Waals surface area (Å²) in [7, 11) is 0. The van der Waals surface area contributed by atoms with Crippen LogP contribution in [0, 0.1) is 0 Å². The third kappa shape index (κ3) is 6.99. The highest BCUT2D eigenvalue weighted by atomic mass is 16.1. The van der Waals surface area contributed by atoms with Crippen LogP contribution < -0.4 is 5.32 Å². The summed E-state index contributed by atoms with van der Waals surface area (Å²) in [6.07, 6.45) is 0.750. The Morgan fingerprint density at radius 2 is 1.92 bits per heavy atom. The quantitative estimate of drug-likeness (QED) is 0.625. The highest BCUT2D eigenvalue weighted by Crippen LogP contribution is 1.93. The Balaban J connectivity index is 3.44. The summed E-state index contributed by atoms with van der Waals surface area (Å²) in [5.74, 6) is 0.0226. The van der Waals surface area contributed by atoms with Gasteiger partial charge in [0.2, 0.25) is 5.91 Å². The number of hydrogen-bond donors (Lipinski definition) is 1. The van der Waals surface area contributed by atoms with Crippen LogP contribution in [0.25, 0.3) is 0 Å². The molecule has 0 fully saturated rings. The van der Waals surface area contributed by atoms with E-state index in [9.17, 15) is 9.59 Å². The van der Waals surface area contributed by atoms with Crippen LogP contribution in [0.15, 0.2) is 12.2 Å². The molecule has 0 saturated carbocycles. The van der Waals surface area contributed by atoms with E-state index in [4.69, 9.17) is 0 Å². The maximum Gasteiger partial charge on any atom is 0.224 e. The van der Waals surface area contributed by atoms with E-state index in [0.717, 1.165) is 5.57 Å². The fourth-order valence-corrected chi connectivity index (χ4v) is 0.715. The molecule has 68 valence electrons. The lowest BCUT2D eigenvalue weighted by atomic mass is 10.2. The van der Waals surface area contributed by atoms with Gasteiger partial charge >= 0.3 is 0 Å². The predicted molar refractivity (Wildman–Crippen MR) is 47.7 cm³/mol. The fraction of sp³-hybridized carbons (Fsp3) is 0.556. The summed E-state index contributed by atoms with van der Waals surface area (Å²) >= 11 is 0. The van der Waals surface area contributed by atoms with Crippen molar-refractivity contribution < 1.29 is 9.59 Å². The summed E-state index contributed by atoms with van der Waals surface area (Å²) < 4.78 is 0. The number of rotatable bonds is 5. The van der Waals surface area contributed by atoms with Gasteiger partial charge in [-0.3, -0.25) is 9.59 Å². The maximum absolute atomic E-state index is 11.0. The molecular weight excluding hydrogens is 154 g/mol. The number of ketones is 1. The molecule has 0 saturated heterocycles. The van der Waals surface area contributed by atoms with Gasteiger partial charge in [-0.05, 0) is 13.8 Å². The number of hydrogen-bond acceptors (Lipinski definition) is 2. The van der Waals surface area contributed by atoms with Crippen molar-refractivity contribution in [1.29, 1.82) is 0 Å². The Morgan fingerprint density at radius 3 is 2.33 bits per heavy atom. The highest BCUT2D eigenvalue weighted by Gasteiger charge is 2.00. The molecule has 0 atom stereocenters. The number of carbonyl (C=O) groups excluding carboxylic acids is 2. The molecule has 12 heavy (non-hydrogen) atoms. The molecule has 0 aromatic rings. The van der Waals surface area contributed by atoms with Crippen LogP contribution >= 0.6 is 0 Å². The first-order valence-corrected chi connectivity index (χ1v) is 3.93. The monoisotopic (exact) mass is 169 g/mol. The first-order chi connectivity index (χ1) is 5.52. The topological polar surface area (TPSA) is 46.2 Å². The van der Waals surface area contributed by atoms with E-state index < -0.39 is 0 Å². The maximum atomic E-state index is 11.0.